The number of likely N-dealkylation sites (tertiary alicyclic amines) is 1. The lowest BCUT2D eigenvalue weighted by Gasteiger charge is -2.17. The van der Waals surface area contributed by atoms with Crippen molar-refractivity contribution < 1.29 is 0 Å². The van der Waals surface area contributed by atoms with E-state index in [-0.39, 0.29) is 0 Å². The smallest absolute Gasteiger partial charge is 0.101 e. The van der Waals surface area contributed by atoms with Crippen LogP contribution in [0.3, 0.4) is 0 Å². The molecule has 0 saturated carbocycles. The Morgan fingerprint density at radius 2 is 2.31 bits per heavy atom. The van der Waals surface area contributed by atoms with E-state index in [0.29, 0.717) is 6.04 Å². The first-order chi connectivity index (χ1) is 7.70. The van der Waals surface area contributed by atoms with Gasteiger partial charge in [0.15, 0.2) is 0 Å². The summed E-state index contributed by atoms with van der Waals surface area (Å²) in [6, 6.07) is 8.56. The summed E-state index contributed by atoms with van der Waals surface area (Å²) in [6.07, 6.45) is 1.15. The van der Waals surface area contributed by atoms with Crippen LogP contribution in [0.1, 0.15) is 17.5 Å². The summed E-state index contributed by atoms with van der Waals surface area (Å²) in [5, 5.41) is 12.6. The largest absolute Gasteiger partial charge is 0.380 e. The van der Waals surface area contributed by atoms with E-state index in [2.05, 4.69) is 23.3 Å². The van der Waals surface area contributed by atoms with E-state index >= 15 is 0 Å². The molecule has 3 heteroatoms. The third-order valence-electron chi connectivity index (χ3n) is 3.13. The van der Waals surface area contributed by atoms with Gasteiger partial charge in [-0.3, -0.25) is 0 Å². The Bertz CT molecular complexity index is 420. The van der Waals surface area contributed by atoms with Gasteiger partial charge >= 0.3 is 0 Å². The second-order valence-corrected chi connectivity index (χ2v) is 4.50. The molecule has 1 heterocycles. The molecule has 1 atom stereocenters. The Balaban J connectivity index is 2.18. The molecule has 0 bridgehead atoms. The first kappa shape index (κ1) is 11.0. The van der Waals surface area contributed by atoms with Crippen molar-refractivity contribution in [2.75, 3.05) is 25.5 Å². The monoisotopic (exact) mass is 215 g/mol. The number of anilines is 1. The lowest BCUT2D eigenvalue weighted by molar-refractivity contribution is 0.414. The quantitative estimate of drug-likeness (QED) is 0.820. The molecule has 0 aromatic heterocycles. The molecule has 1 fully saturated rings. The average molecular weight is 215 g/mol. The van der Waals surface area contributed by atoms with Crippen LogP contribution < -0.4 is 5.32 Å². The van der Waals surface area contributed by atoms with E-state index in [1.165, 1.54) is 0 Å². The SMILES string of the molecule is Cc1cccc(C#N)c1NC1CCN(C)C1. The lowest BCUT2D eigenvalue weighted by atomic mass is 10.1. The van der Waals surface area contributed by atoms with Crippen LogP contribution in [-0.2, 0) is 0 Å². The first-order valence-corrected chi connectivity index (χ1v) is 5.65. The third-order valence-corrected chi connectivity index (χ3v) is 3.13. The van der Waals surface area contributed by atoms with Crippen LogP contribution in [0, 0.1) is 18.3 Å². The Labute approximate surface area is 96.7 Å². The molecule has 2 rings (SSSR count). The fourth-order valence-electron chi connectivity index (χ4n) is 2.21. The molecule has 0 amide bonds. The van der Waals surface area contributed by atoms with Crippen LogP contribution in [-0.4, -0.2) is 31.1 Å². The second kappa shape index (κ2) is 4.54. The van der Waals surface area contributed by atoms with Crippen LogP contribution in [0.15, 0.2) is 18.2 Å². The minimum absolute atomic E-state index is 0.471. The highest BCUT2D eigenvalue weighted by molar-refractivity contribution is 5.62. The van der Waals surface area contributed by atoms with E-state index in [1.54, 1.807) is 0 Å². The highest BCUT2D eigenvalue weighted by Crippen LogP contribution is 2.22. The zero-order chi connectivity index (χ0) is 11.5. The summed E-state index contributed by atoms with van der Waals surface area (Å²) < 4.78 is 0. The van der Waals surface area contributed by atoms with E-state index < -0.39 is 0 Å². The number of aryl methyl sites for hydroxylation is 1. The van der Waals surface area contributed by atoms with Crippen LogP contribution in [0.2, 0.25) is 0 Å². The van der Waals surface area contributed by atoms with Crippen molar-refractivity contribution in [1.29, 1.82) is 5.26 Å². The number of hydrogen-bond acceptors (Lipinski definition) is 3. The predicted molar refractivity (Wildman–Crippen MR) is 65.4 cm³/mol. The molecule has 0 aliphatic carbocycles. The molecule has 1 saturated heterocycles. The van der Waals surface area contributed by atoms with E-state index in [9.17, 15) is 0 Å². The van der Waals surface area contributed by atoms with Crippen LogP contribution >= 0.6 is 0 Å². The Kier molecular flexibility index (Phi) is 3.12. The Morgan fingerprint density at radius 1 is 1.50 bits per heavy atom. The molecule has 3 nitrogen and oxygen atoms in total. The summed E-state index contributed by atoms with van der Waals surface area (Å²) in [5.41, 5.74) is 2.90. The summed E-state index contributed by atoms with van der Waals surface area (Å²) >= 11 is 0. The van der Waals surface area contributed by atoms with E-state index in [1.807, 2.05) is 25.1 Å². The Morgan fingerprint density at radius 3 is 2.94 bits per heavy atom. The second-order valence-electron chi connectivity index (χ2n) is 4.50. The number of nitrogens with zero attached hydrogens (tertiary/aromatic N) is 2. The highest BCUT2D eigenvalue weighted by atomic mass is 15.2. The normalized spacial score (nSPS) is 20.7. The molecule has 1 aliphatic rings. The van der Waals surface area contributed by atoms with Gasteiger partial charge in [-0.15, -0.1) is 0 Å². The topological polar surface area (TPSA) is 39.1 Å². The van der Waals surface area contributed by atoms with Crippen molar-refractivity contribution in [1.82, 2.24) is 4.90 Å². The third kappa shape index (κ3) is 2.17. The summed E-state index contributed by atoms with van der Waals surface area (Å²) in [6.45, 7) is 4.23. The predicted octanol–water partition coefficient (Wildman–Crippen LogP) is 1.98. The van der Waals surface area contributed by atoms with Crippen molar-refractivity contribution >= 4 is 5.69 Å². The van der Waals surface area contributed by atoms with Gasteiger partial charge in [0.25, 0.3) is 0 Å². The van der Waals surface area contributed by atoms with E-state index in [0.717, 1.165) is 36.3 Å². The van der Waals surface area contributed by atoms with Gasteiger partial charge in [-0.2, -0.15) is 5.26 Å². The van der Waals surface area contributed by atoms with Crippen molar-refractivity contribution in [2.24, 2.45) is 0 Å². The molecule has 1 aromatic rings. The van der Waals surface area contributed by atoms with E-state index in [4.69, 9.17) is 5.26 Å². The first-order valence-electron chi connectivity index (χ1n) is 5.65. The lowest BCUT2D eigenvalue weighted by Crippen LogP contribution is -2.24. The van der Waals surface area contributed by atoms with Gasteiger partial charge in [0.05, 0.1) is 11.3 Å². The molecular weight excluding hydrogens is 198 g/mol. The fourth-order valence-corrected chi connectivity index (χ4v) is 2.21. The van der Waals surface area contributed by atoms with Gasteiger partial charge in [-0.05, 0) is 38.6 Å². The zero-order valence-corrected chi connectivity index (χ0v) is 9.83. The molecule has 1 N–H and O–H groups in total. The zero-order valence-electron chi connectivity index (χ0n) is 9.83. The number of likely N-dealkylation sites (N-methyl/N-ethyl adjacent to an activating group) is 1. The molecule has 0 radical (unpaired) electrons. The van der Waals surface area contributed by atoms with Crippen LogP contribution in [0.4, 0.5) is 5.69 Å². The number of para-hydroxylation sites is 1. The number of nitriles is 1. The molecule has 1 aromatic carbocycles. The molecule has 16 heavy (non-hydrogen) atoms. The molecule has 0 spiro atoms. The maximum absolute atomic E-state index is 9.07. The summed E-state index contributed by atoms with van der Waals surface area (Å²) in [4.78, 5) is 2.31. The van der Waals surface area contributed by atoms with Crippen molar-refractivity contribution in [3.05, 3.63) is 29.3 Å². The van der Waals surface area contributed by atoms with Gasteiger partial charge in [-0.1, -0.05) is 12.1 Å². The standard InChI is InChI=1S/C13H17N3/c1-10-4-3-5-11(8-14)13(10)15-12-6-7-16(2)9-12/h3-5,12,15H,6-7,9H2,1-2H3. The van der Waals surface area contributed by atoms with Crippen molar-refractivity contribution in [3.8, 4) is 6.07 Å². The highest BCUT2D eigenvalue weighted by Gasteiger charge is 2.20. The van der Waals surface area contributed by atoms with Gasteiger partial charge < -0.3 is 10.2 Å². The van der Waals surface area contributed by atoms with Gasteiger partial charge in [0, 0.05) is 12.6 Å². The maximum Gasteiger partial charge on any atom is 0.101 e. The van der Waals surface area contributed by atoms with Crippen molar-refractivity contribution in [3.63, 3.8) is 0 Å². The number of rotatable bonds is 2. The summed E-state index contributed by atoms with van der Waals surface area (Å²) in [5.74, 6) is 0. The maximum atomic E-state index is 9.07. The van der Waals surface area contributed by atoms with Crippen LogP contribution in [0.5, 0.6) is 0 Å². The number of hydrogen-bond donors (Lipinski definition) is 1. The van der Waals surface area contributed by atoms with Crippen LogP contribution in [0.25, 0.3) is 0 Å². The fraction of sp³-hybridized carbons (Fsp3) is 0.462. The minimum Gasteiger partial charge on any atom is -0.380 e. The number of benzene rings is 1. The molecule has 84 valence electrons. The summed E-state index contributed by atoms with van der Waals surface area (Å²) in [7, 11) is 2.13. The molecule has 1 unspecified atom stereocenters. The molecule has 1 aliphatic heterocycles. The number of nitrogens with one attached hydrogen (secondary N) is 1. The average Bonchev–Trinajstić information content (AvgIpc) is 2.67. The van der Waals surface area contributed by atoms with Gasteiger partial charge in [-0.25, -0.2) is 0 Å². The Hall–Kier alpha value is -1.53. The van der Waals surface area contributed by atoms with Crippen molar-refractivity contribution in [2.45, 2.75) is 19.4 Å². The minimum atomic E-state index is 0.471. The molecular formula is C13H17N3. The van der Waals surface area contributed by atoms with Gasteiger partial charge in [0.2, 0.25) is 0 Å². The van der Waals surface area contributed by atoms with Gasteiger partial charge in [0.1, 0.15) is 6.07 Å².